The first kappa shape index (κ1) is 28.8. The monoisotopic (exact) mass is 563 g/mol. The van der Waals surface area contributed by atoms with Crippen molar-refractivity contribution in [1.82, 2.24) is 15.5 Å². The third kappa shape index (κ3) is 7.68. The second kappa shape index (κ2) is 13.7. The van der Waals surface area contributed by atoms with E-state index >= 15 is 0 Å². The van der Waals surface area contributed by atoms with Gasteiger partial charge in [0.2, 0.25) is 5.91 Å². The number of allylic oxidation sites excluding steroid dienone is 2. The van der Waals surface area contributed by atoms with Gasteiger partial charge in [0, 0.05) is 57.3 Å². The Hall–Kier alpha value is -4.21. The van der Waals surface area contributed by atoms with Crippen molar-refractivity contribution in [1.29, 1.82) is 0 Å². The van der Waals surface area contributed by atoms with Gasteiger partial charge in [-0.2, -0.15) is 5.10 Å². The number of nitrogens with one attached hydrogen (secondary N) is 2. The predicted octanol–water partition coefficient (Wildman–Crippen LogP) is 4.60. The molecule has 0 aliphatic carbocycles. The van der Waals surface area contributed by atoms with Crippen molar-refractivity contribution >= 4 is 35.7 Å². The molecular weight excluding hydrogens is 533 g/mol. The molecule has 1 aliphatic heterocycles. The van der Waals surface area contributed by atoms with Crippen molar-refractivity contribution in [3.63, 3.8) is 0 Å². The highest BCUT2D eigenvalue weighted by molar-refractivity contribution is 6.30. The van der Waals surface area contributed by atoms with E-state index in [1.165, 1.54) is 13.0 Å². The second-order valence-corrected chi connectivity index (χ2v) is 9.63. The fraction of sp³-hybridized carbons (Fsp3) is 0.233. The largest absolute Gasteiger partial charge is 0.452 e. The number of amides is 1. The molecule has 4 rings (SSSR count). The molecular formula is C30H31ClFN5O3. The number of benzene rings is 3. The summed E-state index contributed by atoms with van der Waals surface area (Å²) in [5.74, 6) is -0.00460. The van der Waals surface area contributed by atoms with Gasteiger partial charge in [0.1, 0.15) is 17.3 Å². The molecule has 1 saturated heterocycles. The standard InChI is InChI=1S/C30H31ClFN5O3/c1-21(39)34-18-24-17-23(5-12-28(24)32)22-3-10-27(11-4-22)40-30(20-38)29(37-15-13-33-14-16-37)19-35-36(2)26-8-6-25(31)7-9-26/h3-12,17,19-20,33H,13-16,18H2,1-2H3,(H,34,39)/b30-29-,35-19+. The van der Waals surface area contributed by atoms with Gasteiger partial charge in [-0.05, 0) is 59.7 Å². The Labute approximate surface area is 238 Å². The Morgan fingerprint density at radius 1 is 1.10 bits per heavy atom. The zero-order valence-electron chi connectivity index (χ0n) is 22.4. The summed E-state index contributed by atoms with van der Waals surface area (Å²) in [4.78, 5) is 25.5. The highest BCUT2D eigenvalue weighted by atomic mass is 35.5. The summed E-state index contributed by atoms with van der Waals surface area (Å²) >= 11 is 6.00. The second-order valence-electron chi connectivity index (χ2n) is 9.19. The van der Waals surface area contributed by atoms with Gasteiger partial charge in [-0.1, -0.05) is 29.8 Å². The van der Waals surface area contributed by atoms with Gasteiger partial charge in [-0.15, -0.1) is 0 Å². The third-order valence-corrected chi connectivity index (χ3v) is 6.61. The number of piperazine rings is 1. The number of halogens is 2. The lowest BCUT2D eigenvalue weighted by Gasteiger charge is -2.30. The normalized spacial score (nSPS) is 14.1. The molecule has 1 heterocycles. The summed E-state index contributed by atoms with van der Waals surface area (Å²) in [7, 11) is 1.81. The Balaban J connectivity index is 1.57. The van der Waals surface area contributed by atoms with Crippen LogP contribution in [-0.4, -0.2) is 56.5 Å². The van der Waals surface area contributed by atoms with Gasteiger partial charge in [-0.3, -0.25) is 14.6 Å². The number of hydrogen-bond donors (Lipinski definition) is 2. The van der Waals surface area contributed by atoms with Gasteiger partial charge >= 0.3 is 0 Å². The van der Waals surface area contributed by atoms with Crippen molar-refractivity contribution in [3.8, 4) is 16.9 Å². The van der Waals surface area contributed by atoms with Crippen molar-refractivity contribution in [2.45, 2.75) is 13.5 Å². The van der Waals surface area contributed by atoms with Gasteiger partial charge in [0.05, 0.1) is 11.9 Å². The van der Waals surface area contributed by atoms with Crippen molar-refractivity contribution in [2.75, 3.05) is 38.2 Å². The molecule has 0 atom stereocenters. The van der Waals surface area contributed by atoms with Crippen LogP contribution in [0.15, 0.2) is 83.3 Å². The van der Waals surface area contributed by atoms with Crippen LogP contribution < -0.4 is 20.4 Å². The fourth-order valence-corrected chi connectivity index (χ4v) is 4.29. The lowest BCUT2D eigenvalue weighted by atomic mass is 10.0. The Morgan fingerprint density at radius 3 is 2.42 bits per heavy atom. The summed E-state index contributed by atoms with van der Waals surface area (Å²) in [5, 5.41) is 12.8. The number of rotatable bonds is 10. The number of hydrogen-bond acceptors (Lipinski definition) is 7. The van der Waals surface area contributed by atoms with Crippen LogP contribution in [0, 0.1) is 5.82 Å². The zero-order chi connectivity index (χ0) is 28.5. The molecule has 3 aromatic carbocycles. The molecule has 3 aromatic rings. The zero-order valence-corrected chi connectivity index (χ0v) is 23.1. The minimum absolute atomic E-state index is 0.104. The average molecular weight is 564 g/mol. The van der Waals surface area contributed by atoms with E-state index in [9.17, 15) is 14.0 Å². The van der Waals surface area contributed by atoms with Gasteiger partial charge in [0.15, 0.2) is 12.0 Å². The van der Waals surface area contributed by atoms with Crippen molar-refractivity contribution in [3.05, 3.63) is 94.6 Å². The van der Waals surface area contributed by atoms with Crippen molar-refractivity contribution in [2.24, 2.45) is 5.10 Å². The summed E-state index contributed by atoms with van der Waals surface area (Å²) in [5.41, 5.74) is 3.43. The highest BCUT2D eigenvalue weighted by Gasteiger charge is 2.18. The van der Waals surface area contributed by atoms with E-state index in [0.717, 1.165) is 29.9 Å². The van der Waals surface area contributed by atoms with Crippen LogP contribution in [0.5, 0.6) is 5.75 Å². The van der Waals surface area contributed by atoms with Crippen LogP contribution in [0.3, 0.4) is 0 Å². The van der Waals surface area contributed by atoms with Crippen LogP contribution in [0.25, 0.3) is 11.1 Å². The number of carbonyl (C=O) groups excluding carboxylic acids is 2. The molecule has 10 heteroatoms. The molecule has 0 radical (unpaired) electrons. The number of anilines is 1. The van der Waals surface area contributed by atoms with E-state index in [-0.39, 0.29) is 24.0 Å². The summed E-state index contributed by atoms with van der Waals surface area (Å²) in [6.07, 6.45) is 2.32. The smallest absolute Gasteiger partial charge is 0.217 e. The highest BCUT2D eigenvalue weighted by Crippen LogP contribution is 2.26. The summed E-state index contributed by atoms with van der Waals surface area (Å²) in [6, 6.07) is 19.2. The maximum absolute atomic E-state index is 14.2. The van der Waals surface area contributed by atoms with E-state index in [0.29, 0.717) is 41.4 Å². The topological polar surface area (TPSA) is 86.3 Å². The lowest BCUT2D eigenvalue weighted by Crippen LogP contribution is -2.44. The minimum Gasteiger partial charge on any atom is -0.452 e. The number of ether oxygens (including phenoxy) is 1. The fourth-order valence-electron chi connectivity index (χ4n) is 4.16. The first-order valence-electron chi connectivity index (χ1n) is 12.8. The van der Waals surface area contributed by atoms with E-state index in [2.05, 4.69) is 20.6 Å². The molecule has 40 heavy (non-hydrogen) atoms. The molecule has 208 valence electrons. The van der Waals surface area contributed by atoms with Crippen LogP contribution in [0.2, 0.25) is 5.02 Å². The van der Waals surface area contributed by atoms with Crippen LogP contribution in [0.4, 0.5) is 10.1 Å². The maximum Gasteiger partial charge on any atom is 0.217 e. The van der Waals surface area contributed by atoms with Crippen LogP contribution >= 0.6 is 11.6 Å². The predicted molar refractivity (Wildman–Crippen MR) is 156 cm³/mol. The summed E-state index contributed by atoms with van der Waals surface area (Å²) < 4.78 is 20.2. The first-order chi connectivity index (χ1) is 19.3. The van der Waals surface area contributed by atoms with Gasteiger partial charge < -0.3 is 20.3 Å². The van der Waals surface area contributed by atoms with Crippen LogP contribution in [-0.2, 0) is 16.1 Å². The van der Waals surface area contributed by atoms with E-state index in [1.54, 1.807) is 47.6 Å². The molecule has 1 fully saturated rings. The van der Waals surface area contributed by atoms with Crippen LogP contribution in [0.1, 0.15) is 12.5 Å². The van der Waals surface area contributed by atoms with Gasteiger partial charge in [0.25, 0.3) is 0 Å². The molecule has 0 bridgehead atoms. The number of hydrazone groups is 1. The lowest BCUT2D eigenvalue weighted by molar-refractivity contribution is -0.119. The number of carbonyl (C=O) groups is 2. The Morgan fingerprint density at radius 2 is 1.77 bits per heavy atom. The number of nitrogens with zero attached hydrogens (tertiary/aromatic N) is 3. The van der Waals surface area contributed by atoms with Crippen molar-refractivity contribution < 1.29 is 18.7 Å². The quantitative estimate of drug-likeness (QED) is 0.123. The Bertz CT molecular complexity index is 1390. The summed E-state index contributed by atoms with van der Waals surface area (Å²) in [6.45, 7) is 4.42. The van der Waals surface area contributed by atoms with Gasteiger partial charge in [-0.25, -0.2) is 4.39 Å². The molecule has 0 spiro atoms. The Kier molecular flexibility index (Phi) is 9.88. The third-order valence-electron chi connectivity index (χ3n) is 6.36. The van der Waals surface area contributed by atoms with E-state index in [4.69, 9.17) is 16.3 Å². The van der Waals surface area contributed by atoms with E-state index in [1.807, 2.05) is 31.3 Å². The van der Waals surface area contributed by atoms with E-state index < -0.39 is 0 Å². The molecule has 1 amide bonds. The molecule has 0 aromatic heterocycles. The first-order valence-corrected chi connectivity index (χ1v) is 13.2. The molecule has 0 unspecified atom stereocenters. The molecule has 1 aliphatic rings. The SMILES string of the molecule is CC(=O)NCc1cc(-c2ccc(O/C(C=O)=C(/C=N/N(C)c3ccc(Cl)cc3)N3CCNCC3)cc2)ccc1F. The maximum atomic E-state index is 14.2. The minimum atomic E-state index is -0.387. The molecule has 8 nitrogen and oxygen atoms in total. The average Bonchev–Trinajstić information content (AvgIpc) is 2.97. The molecule has 2 N–H and O–H groups in total. The molecule has 0 saturated carbocycles. The number of aldehydes is 1.